The zero-order chi connectivity index (χ0) is 15.2. The molecule has 1 amide bonds. The number of amides is 1. The van der Waals surface area contributed by atoms with E-state index in [1.807, 2.05) is 0 Å². The normalized spacial score (nSPS) is 24.4. The van der Waals surface area contributed by atoms with Crippen LogP contribution in [0.3, 0.4) is 0 Å². The summed E-state index contributed by atoms with van der Waals surface area (Å²) in [5.41, 5.74) is 0.659. The molecule has 0 radical (unpaired) electrons. The number of piperidine rings is 1. The van der Waals surface area contributed by atoms with Crippen molar-refractivity contribution in [2.45, 2.75) is 24.7 Å². The molecule has 1 fully saturated rings. The van der Waals surface area contributed by atoms with Gasteiger partial charge in [-0.3, -0.25) is 9.79 Å². The summed E-state index contributed by atoms with van der Waals surface area (Å²) in [6.07, 6.45) is -4.15. The van der Waals surface area contributed by atoms with Crippen LogP contribution < -0.4 is 10.6 Å². The van der Waals surface area contributed by atoms with Gasteiger partial charge < -0.3 is 4.90 Å². The third-order valence-electron chi connectivity index (χ3n) is 3.91. The number of benzene rings is 1. The van der Waals surface area contributed by atoms with Gasteiger partial charge in [0.15, 0.2) is 6.04 Å². The van der Waals surface area contributed by atoms with E-state index in [2.05, 4.69) is 4.99 Å². The predicted molar refractivity (Wildman–Crippen MR) is 71.3 cm³/mol. The Hall–Kier alpha value is -1.56. The molecule has 7 heteroatoms. The molecule has 0 spiro atoms. The largest absolute Gasteiger partial charge is 0.411 e. The average molecular weight is 317 g/mol. The van der Waals surface area contributed by atoms with Crippen LogP contribution in [0, 0.1) is 0 Å². The van der Waals surface area contributed by atoms with Crippen LogP contribution in [0.5, 0.6) is 0 Å². The first-order chi connectivity index (χ1) is 9.93. The summed E-state index contributed by atoms with van der Waals surface area (Å²) in [7, 11) is 0. The maximum atomic E-state index is 13.4. The number of nitrogens with zero attached hydrogens (tertiary/aromatic N) is 2. The van der Waals surface area contributed by atoms with E-state index in [0.717, 1.165) is 10.1 Å². The summed E-state index contributed by atoms with van der Waals surface area (Å²) >= 11 is 5.44. The van der Waals surface area contributed by atoms with Crippen LogP contribution in [0.4, 0.5) is 13.2 Å². The van der Waals surface area contributed by atoms with Crippen molar-refractivity contribution < 1.29 is 18.0 Å². The first kappa shape index (κ1) is 14.4. The number of rotatable bonds is 1. The van der Waals surface area contributed by atoms with Gasteiger partial charge in [-0.1, -0.05) is 18.2 Å². The molecule has 112 valence electrons. The number of para-hydroxylation sites is 1. The molecule has 21 heavy (non-hydrogen) atoms. The Balaban J connectivity index is 2.11. The fourth-order valence-corrected chi connectivity index (χ4v) is 3.20. The lowest BCUT2D eigenvalue weighted by molar-refractivity contribution is -0.192. The summed E-state index contributed by atoms with van der Waals surface area (Å²) < 4.78 is 40.3. The van der Waals surface area contributed by atoms with E-state index < -0.39 is 30.0 Å². The van der Waals surface area contributed by atoms with E-state index >= 15 is 0 Å². The minimum absolute atomic E-state index is 0.0193. The number of likely N-dealkylation sites (tertiary alicyclic amines) is 1. The van der Waals surface area contributed by atoms with Crippen molar-refractivity contribution in [3.63, 3.8) is 0 Å². The molecule has 1 aromatic carbocycles. The summed E-state index contributed by atoms with van der Waals surface area (Å²) in [5.74, 6) is -1.16. The van der Waals surface area contributed by atoms with E-state index in [1.54, 1.807) is 24.3 Å². The van der Waals surface area contributed by atoms with Crippen LogP contribution in [0.25, 0.3) is 5.57 Å². The fraction of sp³-hybridized carbons (Fsp3) is 0.429. The molecule has 1 aromatic rings. The number of hydrogen-bond acceptors (Lipinski definition) is 2. The third-order valence-corrected chi connectivity index (χ3v) is 4.14. The molecule has 0 aliphatic carbocycles. The van der Waals surface area contributed by atoms with Crippen molar-refractivity contribution in [1.29, 1.82) is 0 Å². The number of carbonyl (C=O) groups is 1. The van der Waals surface area contributed by atoms with Crippen molar-refractivity contribution in [3.05, 3.63) is 34.8 Å². The SMILES string of the molecule is O=C(CCl)N1CCC2=c3ccccc3=N[C@H]2[C@@H]1C(F)(F)F. The number of fused-ring (bicyclic) bond motifs is 2. The first-order valence-corrected chi connectivity index (χ1v) is 7.05. The van der Waals surface area contributed by atoms with E-state index in [0.29, 0.717) is 17.4 Å². The Labute approximate surface area is 123 Å². The minimum atomic E-state index is -4.54. The highest BCUT2D eigenvalue weighted by molar-refractivity contribution is 6.27. The van der Waals surface area contributed by atoms with Crippen LogP contribution in [0.15, 0.2) is 29.3 Å². The lowest BCUT2D eigenvalue weighted by Crippen LogP contribution is -2.58. The van der Waals surface area contributed by atoms with Crippen molar-refractivity contribution >= 4 is 23.1 Å². The van der Waals surface area contributed by atoms with Crippen molar-refractivity contribution in [2.75, 3.05) is 12.4 Å². The van der Waals surface area contributed by atoms with E-state index in [4.69, 9.17) is 11.6 Å². The minimum Gasteiger partial charge on any atom is -0.327 e. The second kappa shape index (κ2) is 5.02. The van der Waals surface area contributed by atoms with E-state index in [9.17, 15) is 18.0 Å². The average Bonchev–Trinajstić information content (AvgIpc) is 2.82. The zero-order valence-electron chi connectivity index (χ0n) is 10.9. The maximum absolute atomic E-state index is 13.4. The number of carbonyl (C=O) groups excluding carboxylic acids is 1. The van der Waals surface area contributed by atoms with Gasteiger partial charge in [-0.15, -0.1) is 11.6 Å². The number of alkyl halides is 4. The van der Waals surface area contributed by atoms with Crippen molar-refractivity contribution in [1.82, 2.24) is 4.90 Å². The Kier molecular flexibility index (Phi) is 3.43. The lowest BCUT2D eigenvalue weighted by Gasteiger charge is -2.40. The van der Waals surface area contributed by atoms with Crippen LogP contribution in [-0.4, -0.2) is 41.5 Å². The van der Waals surface area contributed by atoms with Crippen LogP contribution in [-0.2, 0) is 4.79 Å². The van der Waals surface area contributed by atoms with Gasteiger partial charge >= 0.3 is 6.18 Å². The fourth-order valence-electron chi connectivity index (χ4n) is 3.05. The van der Waals surface area contributed by atoms with Gasteiger partial charge in [0.2, 0.25) is 5.91 Å². The monoisotopic (exact) mass is 316 g/mol. The van der Waals surface area contributed by atoms with Gasteiger partial charge in [-0.05, 0) is 18.1 Å². The highest BCUT2D eigenvalue weighted by Gasteiger charge is 2.53. The quantitative estimate of drug-likeness (QED) is 0.718. The van der Waals surface area contributed by atoms with Crippen LogP contribution in [0.1, 0.15) is 6.42 Å². The van der Waals surface area contributed by atoms with Gasteiger partial charge in [-0.25, -0.2) is 0 Å². The number of halogens is 4. The Morgan fingerprint density at radius 1 is 1.38 bits per heavy atom. The third kappa shape index (κ3) is 2.31. The van der Waals surface area contributed by atoms with Gasteiger partial charge in [-0.2, -0.15) is 13.2 Å². The standard InChI is InChI=1S/C14H12ClF3N2O/c15-7-11(21)20-6-5-9-8-3-1-2-4-10(8)19-12(9)13(20)14(16,17)18/h1-4,12-13H,5-7H2/t12-,13-/m1/s1. The second-order valence-corrected chi connectivity index (χ2v) is 5.34. The molecule has 2 atom stereocenters. The summed E-state index contributed by atoms with van der Waals surface area (Å²) in [4.78, 5) is 16.7. The number of hydrogen-bond donors (Lipinski definition) is 0. The lowest BCUT2D eigenvalue weighted by atomic mass is 9.90. The Morgan fingerprint density at radius 2 is 2.10 bits per heavy atom. The molecule has 0 N–H and O–H groups in total. The van der Waals surface area contributed by atoms with E-state index in [1.165, 1.54) is 0 Å². The molecule has 2 aliphatic heterocycles. The molecular formula is C14H12ClF3N2O. The molecule has 2 aliphatic rings. The highest BCUT2D eigenvalue weighted by Crippen LogP contribution is 2.37. The Morgan fingerprint density at radius 3 is 2.76 bits per heavy atom. The topological polar surface area (TPSA) is 32.7 Å². The molecular weight excluding hydrogens is 305 g/mol. The molecule has 0 aromatic heterocycles. The van der Waals surface area contributed by atoms with Crippen LogP contribution >= 0.6 is 11.6 Å². The highest BCUT2D eigenvalue weighted by atomic mass is 35.5. The van der Waals surface area contributed by atoms with Gasteiger partial charge in [0.05, 0.1) is 5.36 Å². The summed E-state index contributed by atoms with van der Waals surface area (Å²) in [5, 5.41) is 1.32. The van der Waals surface area contributed by atoms with Gasteiger partial charge in [0.25, 0.3) is 0 Å². The van der Waals surface area contributed by atoms with E-state index in [-0.39, 0.29) is 6.54 Å². The summed E-state index contributed by atoms with van der Waals surface area (Å²) in [6.45, 7) is 0.0193. The summed E-state index contributed by atoms with van der Waals surface area (Å²) in [6, 6.07) is 4.01. The van der Waals surface area contributed by atoms with Crippen molar-refractivity contribution in [2.24, 2.45) is 4.99 Å². The second-order valence-electron chi connectivity index (χ2n) is 5.07. The molecule has 2 heterocycles. The smallest absolute Gasteiger partial charge is 0.327 e. The zero-order valence-corrected chi connectivity index (χ0v) is 11.7. The first-order valence-electron chi connectivity index (χ1n) is 6.51. The predicted octanol–water partition coefficient (Wildman–Crippen LogP) is 1.24. The molecule has 0 unspecified atom stereocenters. The maximum Gasteiger partial charge on any atom is 0.411 e. The molecule has 1 saturated heterocycles. The van der Waals surface area contributed by atoms with Gasteiger partial charge in [0, 0.05) is 11.8 Å². The van der Waals surface area contributed by atoms with Crippen molar-refractivity contribution in [3.8, 4) is 0 Å². The molecule has 3 rings (SSSR count). The molecule has 3 nitrogen and oxygen atoms in total. The van der Waals surface area contributed by atoms with Crippen LogP contribution in [0.2, 0.25) is 0 Å². The van der Waals surface area contributed by atoms with Gasteiger partial charge in [0.1, 0.15) is 11.9 Å². The molecule has 0 bridgehead atoms. The molecule has 0 saturated carbocycles. The Bertz CT molecular complexity index is 701.